The van der Waals surface area contributed by atoms with Gasteiger partial charge in [0.25, 0.3) is 0 Å². The first-order valence-corrected chi connectivity index (χ1v) is 7.28. The molecule has 2 rings (SSSR count). The van der Waals surface area contributed by atoms with Crippen LogP contribution in [0.4, 0.5) is 0 Å². The largest absolute Gasteiger partial charge is 0.327 e. The summed E-state index contributed by atoms with van der Waals surface area (Å²) in [5.41, 5.74) is 6.06. The van der Waals surface area contributed by atoms with Crippen LogP contribution in [0.5, 0.6) is 0 Å². The molecule has 2 N–H and O–H groups in total. The highest BCUT2D eigenvalue weighted by atomic mass is 32.2. The zero-order valence-corrected chi connectivity index (χ0v) is 9.90. The van der Waals surface area contributed by atoms with E-state index >= 15 is 0 Å². The molecule has 2 unspecified atom stereocenters. The molecule has 0 saturated heterocycles. The molecule has 2 fully saturated rings. The molecule has 0 aliphatic heterocycles. The van der Waals surface area contributed by atoms with Crippen molar-refractivity contribution in [2.24, 2.45) is 11.7 Å². The van der Waals surface area contributed by atoms with Crippen molar-refractivity contribution in [3.05, 3.63) is 0 Å². The third-order valence-corrected chi connectivity index (χ3v) is 5.28. The molecule has 2 aliphatic carbocycles. The Bertz CT molecular complexity index is 166. The molecular formula is C12H23NS. The van der Waals surface area contributed by atoms with Crippen molar-refractivity contribution in [1.29, 1.82) is 0 Å². The molecule has 0 bridgehead atoms. The first kappa shape index (κ1) is 10.8. The van der Waals surface area contributed by atoms with Crippen molar-refractivity contribution in [2.75, 3.05) is 5.75 Å². The van der Waals surface area contributed by atoms with Crippen molar-refractivity contribution >= 4 is 11.8 Å². The van der Waals surface area contributed by atoms with Gasteiger partial charge in [0.05, 0.1) is 0 Å². The van der Waals surface area contributed by atoms with E-state index in [1.807, 2.05) is 0 Å². The van der Waals surface area contributed by atoms with E-state index in [-0.39, 0.29) is 0 Å². The third-order valence-electron chi connectivity index (χ3n) is 3.86. The summed E-state index contributed by atoms with van der Waals surface area (Å²) >= 11 is 2.22. The van der Waals surface area contributed by atoms with Crippen LogP contribution in [-0.2, 0) is 0 Å². The molecule has 1 nitrogen and oxygen atoms in total. The van der Waals surface area contributed by atoms with Crippen LogP contribution in [0.25, 0.3) is 0 Å². The van der Waals surface area contributed by atoms with E-state index in [0.29, 0.717) is 6.04 Å². The lowest BCUT2D eigenvalue weighted by atomic mass is 10.0. The Hall–Kier alpha value is 0.310. The molecule has 14 heavy (non-hydrogen) atoms. The molecule has 0 aromatic carbocycles. The van der Waals surface area contributed by atoms with Gasteiger partial charge >= 0.3 is 0 Å². The highest BCUT2D eigenvalue weighted by molar-refractivity contribution is 7.99. The van der Waals surface area contributed by atoms with Gasteiger partial charge in [0.1, 0.15) is 0 Å². The van der Waals surface area contributed by atoms with Crippen molar-refractivity contribution in [1.82, 2.24) is 0 Å². The van der Waals surface area contributed by atoms with Gasteiger partial charge in [-0.1, -0.05) is 19.3 Å². The molecule has 0 spiro atoms. The lowest BCUT2D eigenvalue weighted by Crippen LogP contribution is -2.24. The maximum absolute atomic E-state index is 6.06. The number of hydrogen-bond acceptors (Lipinski definition) is 2. The van der Waals surface area contributed by atoms with Crippen LogP contribution in [0.2, 0.25) is 0 Å². The van der Waals surface area contributed by atoms with Crippen molar-refractivity contribution in [3.8, 4) is 0 Å². The second-order valence-electron chi connectivity index (χ2n) is 4.92. The summed E-state index contributed by atoms with van der Waals surface area (Å²) in [5, 5.41) is 0.993. The fraction of sp³-hybridized carbons (Fsp3) is 1.00. The molecule has 0 aromatic rings. The fourth-order valence-electron chi connectivity index (χ4n) is 2.87. The van der Waals surface area contributed by atoms with E-state index in [9.17, 15) is 0 Å². The fourth-order valence-corrected chi connectivity index (χ4v) is 4.30. The van der Waals surface area contributed by atoms with Gasteiger partial charge < -0.3 is 5.73 Å². The van der Waals surface area contributed by atoms with E-state index in [1.165, 1.54) is 57.1 Å². The molecular weight excluding hydrogens is 190 g/mol. The maximum atomic E-state index is 6.06. The zero-order valence-electron chi connectivity index (χ0n) is 9.08. The smallest absolute Gasteiger partial charge is 0.00674 e. The summed E-state index contributed by atoms with van der Waals surface area (Å²) in [6, 6.07) is 0.527. The summed E-state index contributed by atoms with van der Waals surface area (Å²) < 4.78 is 0. The molecule has 82 valence electrons. The minimum Gasteiger partial charge on any atom is -0.327 e. The highest BCUT2D eigenvalue weighted by Crippen LogP contribution is 2.33. The van der Waals surface area contributed by atoms with E-state index in [0.717, 1.165) is 11.2 Å². The Morgan fingerprint density at radius 3 is 2.43 bits per heavy atom. The van der Waals surface area contributed by atoms with Gasteiger partial charge in [0.15, 0.2) is 0 Å². The highest BCUT2D eigenvalue weighted by Gasteiger charge is 2.24. The minimum absolute atomic E-state index is 0.527. The standard InChI is InChI=1S/C12H23NS/c13-12-7-3-4-10(12)8-9-14-11-5-1-2-6-11/h10-12H,1-9,13H2. The Morgan fingerprint density at radius 2 is 1.79 bits per heavy atom. The molecule has 2 heteroatoms. The summed E-state index contributed by atoms with van der Waals surface area (Å²) in [5.74, 6) is 2.21. The summed E-state index contributed by atoms with van der Waals surface area (Å²) in [4.78, 5) is 0. The van der Waals surface area contributed by atoms with Gasteiger partial charge in [-0.05, 0) is 43.8 Å². The quantitative estimate of drug-likeness (QED) is 0.776. The Labute approximate surface area is 92.2 Å². The van der Waals surface area contributed by atoms with Gasteiger partial charge in [-0.3, -0.25) is 0 Å². The van der Waals surface area contributed by atoms with Crippen LogP contribution < -0.4 is 5.73 Å². The van der Waals surface area contributed by atoms with E-state index in [4.69, 9.17) is 5.73 Å². The first-order chi connectivity index (χ1) is 6.86. The molecule has 0 amide bonds. The van der Waals surface area contributed by atoms with Crippen LogP contribution in [0, 0.1) is 5.92 Å². The number of nitrogens with two attached hydrogens (primary N) is 1. The number of hydrogen-bond donors (Lipinski definition) is 1. The van der Waals surface area contributed by atoms with Gasteiger partial charge in [0.2, 0.25) is 0 Å². The van der Waals surface area contributed by atoms with Crippen molar-refractivity contribution in [2.45, 2.75) is 62.7 Å². The molecule has 0 heterocycles. The third kappa shape index (κ3) is 2.90. The second kappa shape index (κ2) is 5.41. The minimum atomic E-state index is 0.527. The van der Waals surface area contributed by atoms with Gasteiger partial charge in [0, 0.05) is 11.3 Å². The predicted molar refractivity (Wildman–Crippen MR) is 64.6 cm³/mol. The molecule has 0 radical (unpaired) electrons. The molecule has 2 saturated carbocycles. The van der Waals surface area contributed by atoms with Crippen LogP contribution in [0.1, 0.15) is 51.4 Å². The predicted octanol–water partition coefficient (Wildman–Crippen LogP) is 3.18. The van der Waals surface area contributed by atoms with Crippen molar-refractivity contribution in [3.63, 3.8) is 0 Å². The normalized spacial score (nSPS) is 34.1. The van der Waals surface area contributed by atoms with Crippen LogP contribution in [-0.4, -0.2) is 17.0 Å². The van der Waals surface area contributed by atoms with E-state index in [2.05, 4.69) is 11.8 Å². The average molecular weight is 213 g/mol. The van der Waals surface area contributed by atoms with Gasteiger partial charge in [-0.15, -0.1) is 0 Å². The summed E-state index contributed by atoms with van der Waals surface area (Å²) in [7, 11) is 0. The summed E-state index contributed by atoms with van der Waals surface area (Å²) in [6.07, 6.45) is 11.3. The van der Waals surface area contributed by atoms with E-state index < -0.39 is 0 Å². The van der Waals surface area contributed by atoms with Gasteiger partial charge in [-0.2, -0.15) is 11.8 Å². The Balaban J connectivity index is 1.57. The summed E-state index contributed by atoms with van der Waals surface area (Å²) in [6.45, 7) is 0. The topological polar surface area (TPSA) is 26.0 Å². The lowest BCUT2D eigenvalue weighted by molar-refractivity contribution is 0.470. The molecule has 2 atom stereocenters. The zero-order chi connectivity index (χ0) is 9.80. The molecule has 0 aromatic heterocycles. The van der Waals surface area contributed by atoms with Crippen LogP contribution >= 0.6 is 11.8 Å². The SMILES string of the molecule is NC1CCCC1CCSC1CCCC1. The monoisotopic (exact) mass is 213 g/mol. The Kier molecular flexibility index (Phi) is 4.18. The average Bonchev–Trinajstić information content (AvgIpc) is 2.78. The van der Waals surface area contributed by atoms with Gasteiger partial charge in [-0.25, -0.2) is 0 Å². The molecule has 2 aliphatic rings. The van der Waals surface area contributed by atoms with Crippen LogP contribution in [0.3, 0.4) is 0 Å². The Morgan fingerprint density at radius 1 is 1.00 bits per heavy atom. The van der Waals surface area contributed by atoms with Crippen LogP contribution in [0.15, 0.2) is 0 Å². The first-order valence-electron chi connectivity index (χ1n) is 6.23. The maximum Gasteiger partial charge on any atom is 0.00674 e. The number of rotatable bonds is 4. The van der Waals surface area contributed by atoms with Crippen molar-refractivity contribution < 1.29 is 0 Å². The number of thioether (sulfide) groups is 1. The lowest BCUT2D eigenvalue weighted by Gasteiger charge is -2.16. The second-order valence-corrected chi connectivity index (χ2v) is 6.33. The van der Waals surface area contributed by atoms with E-state index in [1.54, 1.807) is 0 Å².